The van der Waals surface area contributed by atoms with Crippen molar-refractivity contribution in [3.63, 3.8) is 0 Å². The van der Waals surface area contributed by atoms with E-state index in [9.17, 15) is 4.39 Å². The van der Waals surface area contributed by atoms with Crippen LogP contribution in [0.15, 0.2) is 18.3 Å². The van der Waals surface area contributed by atoms with Gasteiger partial charge in [0.2, 0.25) is 0 Å². The van der Waals surface area contributed by atoms with E-state index in [1.165, 1.54) is 6.20 Å². The first kappa shape index (κ1) is 9.96. The van der Waals surface area contributed by atoms with Crippen LogP contribution in [0.2, 0.25) is 0 Å². The van der Waals surface area contributed by atoms with Crippen molar-refractivity contribution < 1.29 is 9.13 Å². The lowest BCUT2D eigenvalue weighted by Crippen LogP contribution is -2.19. The maximum absolute atomic E-state index is 13.0. The summed E-state index contributed by atoms with van der Waals surface area (Å²) >= 11 is 0. The van der Waals surface area contributed by atoms with Crippen LogP contribution in [0.3, 0.4) is 0 Å². The Balaban J connectivity index is 2.69. The zero-order valence-electron chi connectivity index (χ0n) is 8.12. The van der Waals surface area contributed by atoms with Crippen molar-refractivity contribution in [2.75, 3.05) is 0 Å². The maximum atomic E-state index is 13.0. The molecule has 1 aromatic heterocycles. The van der Waals surface area contributed by atoms with E-state index in [1.54, 1.807) is 12.1 Å². The summed E-state index contributed by atoms with van der Waals surface area (Å²) in [5.41, 5.74) is 0. The van der Waals surface area contributed by atoms with Gasteiger partial charge in [-0.1, -0.05) is 13.8 Å². The average molecular weight is 183 g/mol. The van der Waals surface area contributed by atoms with E-state index in [1.807, 2.05) is 20.8 Å². The molecule has 0 aromatic carbocycles. The third-order valence-corrected chi connectivity index (χ3v) is 1.98. The van der Waals surface area contributed by atoms with Gasteiger partial charge in [0.25, 0.3) is 5.95 Å². The summed E-state index contributed by atoms with van der Waals surface area (Å²) in [5, 5.41) is 0. The molecule has 0 N–H and O–H groups in total. The fraction of sp³-hybridized carbons (Fsp3) is 0.500. The summed E-state index contributed by atoms with van der Waals surface area (Å²) < 4.78 is 18.3. The Morgan fingerprint density at radius 1 is 1.38 bits per heavy atom. The Kier molecular flexibility index (Phi) is 3.23. The van der Waals surface area contributed by atoms with Crippen LogP contribution >= 0.6 is 0 Å². The number of ether oxygens (including phenoxy) is 1. The van der Waals surface area contributed by atoms with Gasteiger partial charge in [0, 0.05) is 6.20 Å². The molecule has 0 saturated carbocycles. The number of aromatic nitrogens is 1. The van der Waals surface area contributed by atoms with Gasteiger partial charge in [-0.3, -0.25) is 0 Å². The molecule has 0 fully saturated rings. The van der Waals surface area contributed by atoms with E-state index >= 15 is 0 Å². The van der Waals surface area contributed by atoms with Crippen molar-refractivity contribution >= 4 is 0 Å². The molecule has 0 amide bonds. The van der Waals surface area contributed by atoms with E-state index in [0.29, 0.717) is 5.92 Å². The number of halogens is 1. The fourth-order valence-electron chi connectivity index (χ4n) is 0.796. The van der Waals surface area contributed by atoms with Crippen molar-refractivity contribution in [3.8, 4) is 5.75 Å². The number of pyridine rings is 1. The molecule has 0 radical (unpaired) electrons. The zero-order chi connectivity index (χ0) is 9.84. The first-order valence-electron chi connectivity index (χ1n) is 4.38. The summed E-state index contributed by atoms with van der Waals surface area (Å²) in [4.78, 5) is 3.50. The fourth-order valence-corrected chi connectivity index (χ4v) is 0.796. The molecule has 0 spiro atoms. The largest absolute Gasteiger partial charge is 0.486 e. The summed E-state index contributed by atoms with van der Waals surface area (Å²) in [6.07, 6.45) is 1.40. The van der Waals surface area contributed by atoms with Crippen molar-refractivity contribution in [1.29, 1.82) is 0 Å². The molecule has 3 heteroatoms. The summed E-state index contributed by atoms with van der Waals surface area (Å²) in [6.45, 7) is 5.97. The molecule has 2 nitrogen and oxygen atoms in total. The van der Waals surface area contributed by atoms with Crippen molar-refractivity contribution in [2.24, 2.45) is 5.92 Å². The lowest BCUT2D eigenvalue weighted by atomic mass is 10.1. The van der Waals surface area contributed by atoms with E-state index in [4.69, 9.17) is 4.74 Å². The first-order valence-corrected chi connectivity index (χ1v) is 4.38. The van der Waals surface area contributed by atoms with Gasteiger partial charge < -0.3 is 4.74 Å². The van der Waals surface area contributed by atoms with E-state index in [2.05, 4.69) is 4.98 Å². The second-order valence-electron chi connectivity index (χ2n) is 3.36. The normalized spacial score (nSPS) is 13.0. The molecule has 0 aliphatic heterocycles. The Morgan fingerprint density at radius 3 is 2.62 bits per heavy atom. The Bertz CT molecular complexity index is 275. The number of rotatable bonds is 3. The monoisotopic (exact) mass is 183 g/mol. The van der Waals surface area contributed by atoms with E-state index in [0.717, 1.165) is 0 Å². The average Bonchev–Trinajstić information content (AvgIpc) is 2.08. The van der Waals surface area contributed by atoms with Gasteiger partial charge in [-0.15, -0.1) is 0 Å². The number of hydrogen-bond acceptors (Lipinski definition) is 2. The highest BCUT2D eigenvalue weighted by Gasteiger charge is 2.11. The van der Waals surface area contributed by atoms with Gasteiger partial charge in [0.1, 0.15) is 0 Å². The van der Waals surface area contributed by atoms with Gasteiger partial charge in [0.15, 0.2) is 5.75 Å². The van der Waals surface area contributed by atoms with Crippen LogP contribution in [0.5, 0.6) is 5.75 Å². The lowest BCUT2D eigenvalue weighted by molar-refractivity contribution is 0.161. The molecule has 0 saturated heterocycles. The van der Waals surface area contributed by atoms with Crippen LogP contribution in [-0.2, 0) is 0 Å². The summed E-state index contributed by atoms with van der Waals surface area (Å²) in [6, 6.07) is 3.24. The van der Waals surface area contributed by atoms with Gasteiger partial charge in [0.05, 0.1) is 6.10 Å². The second-order valence-corrected chi connectivity index (χ2v) is 3.36. The van der Waals surface area contributed by atoms with Gasteiger partial charge in [-0.05, 0) is 25.0 Å². The second kappa shape index (κ2) is 4.21. The van der Waals surface area contributed by atoms with Crippen LogP contribution in [0.4, 0.5) is 4.39 Å². The first-order chi connectivity index (χ1) is 6.11. The van der Waals surface area contributed by atoms with Crippen LogP contribution in [0.1, 0.15) is 20.8 Å². The quantitative estimate of drug-likeness (QED) is 0.672. The topological polar surface area (TPSA) is 22.1 Å². The highest BCUT2D eigenvalue weighted by Crippen LogP contribution is 2.17. The van der Waals surface area contributed by atoms with Crippen LogP contribution in [-0.4, -0.2) is 11.1 Å². The minimum Gasteiger partial charge on any atom is -0.486 e. The van der Waals surface area contributed by atoms with Gasteiger partial charge in [-0.25, -0.2) is 4.98 Å². The highest BCUT2D eigenvalue weighted by atomic mass is 19.1. The highest BCUT2D eigenvalue weighted by molar-refractivity contribution is 5.18. The molecule has 1 heterocycles. The molecule has 0 aliphatic rings. The maximum Gasteiger partial charge on any atom is 0.255 e. The molecular formula is C10H14FNO. The van der Waals surface area contributed by atoms with E-state index < -0.39 is 5.95 Å². The predicted octanol–water partition coefficient (Wildman–Crippen LogP) is 2.64. The molecular weight excluding hydrogens is 169 g/mol. The molecule has 0 bridgehead atoms. The van der Waals surface area contributed by atoms with Crippen molar-refractivity contribution in [3.05, 3.63) is 24.3 Å². The SMILES string of the molecule is CC(C)C(C)Oc1cccnc1F. The molecule has 1 unspecified atom stereocenters. The zero-order valence-corrected chi connectivity index (χ0v) is 8.12. The molecule has 1 aromatic rings. The Hall–Kier alpha value is -1.12. The molecule has 0 aliphatic carbocycles. The summed E-state index contributed by atoms with van der Waals surface area (Å²) in [7, 11) is 0. The van der Waals surface area contributed by atoms with Crippen molar-refractivity contribution in [2.45, 2.75) is 26.9 Å². The smallest absolute Gasteiger partial charge is 0.255 e. The predicted molar refractivity (Wildman–Crippen MR) is 49.1 cm³/mol. The van der Waals surface area contributed by atoms with E-state index in [-0.39, 0.29) is 11.9 Å². The molecule has 72 valence electrons. The molecule has 1 atom stereocenters. The van der Waals surface area contributed by atoms with Gasteiger partial charge in [-0.2, -0.15) is 4.39 Å². The third-order valence-electron chi connectivity index (χ3n) is 1.98. The molecule has 1 rings (SSSR count). The van der Waals surface area contributed by atoms with Gasteiger partial charge >= 0.3 is 0 Å². The minimum absolute atomic E-state index is 0.00120. The number of nitrogens with zero attached hydrogens (tertiary/aromatic N) is 1. The molecule has 13 heavy (non-hydrogen) atoms. The summed E-state index contributed by atoms with van der Waals surface area (Å²) in [5.74, 6) is 0.0401. The van der Waals surface area contributed by atoms with Crippen LogP contribution < -0.4 is 4.74 Å². The number of hydrogen-bond donors (Lipinski definition) is 0. The minimum atomic E-state index is -0.546. The standard InChI is InChI=1S/C10H14FNO/c1-7(2)8(3)13-9-5-4-6-12-10(9)11/h4-8H,1-3H3. The van der Waals surface area contributed by atoms with Crippen LogP contribution in [0.25, 0.3) is 0 Å². The Morgan fingerprint density at radius 2 is 2.08 bits per heavy atom. The third kappa shape index (κ3) is 2.68. The van der Waals surface area contributed by atoms with Crippen molar-refractivity contribution in [1.82, 2.24) is 4.98 Å². The lowest BCUT2D eigenvalue weighted by Gasteiger charge is -2.17. The van der Waals surface area contributed by atoms with Crippen LogP contribution in [0, 0.1) is 11.9 Å². The Labute approximate surface area is 77.8 Å².